The summed E-state index contributed by atoms with van der Waals surface area (Å²) in [5.41, 5.74) is 5.34. The van der Waals surface area contributed by atoms with Crippen molar-refractivity contribution in [3.8, 4) is 11.5 Å². The molecule has 4 aromatic rings. The SMILES string of the molecule is COc1ccc(CNC(=O)c2ccc(N3CCN(c4ccccc4C)CC3)c(N(C)C(=O)c3ccco3)c2)cc1OC. The molecule has 2 amide bonds. The predicted octanol–water partition coefficient (Wildman–Crippen LogP) is 5.14. The Kier molecular flexibility index (Phi) is 8.66. The minimum atomic E-state index is -0.289. The van der Waals surface area contributed by atoms with Gasteiger partial charge in [-0.1, -0.05) is 24.3 Å². The number of methoxy groups -OCH3 is 2. The number of amides is 2. The van der Waals surface area contributed by atoms with E-state index >= 15 is 0 Å². The maximum atomic E-state index is 13.3. The molecular weight excluding hydrogens is 532 g/mol. The fourth-order valence-electron chi connectivity index (χ4n) is 5.26. The number of anilines is 3. The van der Waals surface area contributed by atoms with Gasteiger partial charge in [-0.15, -0.1) is 0 Å². The van der Waals surface area contributed by atoms with Crippen LogP contribution in [0, 0.1) is 6.92 Å². The summed E-state index contributed by atoms with van der Waals surface area (Å²) in [6, 6.07) is 22.8. The van der Waals surface area contributed by atoms with E-state index in [2.05, 4.69) is 46.3 Å². The molecule has 0 atom stereocenters. The summed E-state index contributed by atoms with van der Waals surface area (Å²) in [6.07, 6.45) is 1.48. The second-order valence-electron chi connectivity index (χ2n) is 10.2. The number of para-hydroxylation sites is 1. The van der Waals surface area contributed by atoms with Crippen LogP contribution in [0.2, 0.25) is 0 Å². The van der Waals surface area contributed by atoms with E-state index in [0.717, 1.165) is 37.4 Å². The van der Waals surface area contributed by atoms with E-state index in [9.17, 15) is 9.59 Å². The van der Waals surface area contributed by atoms with Crippen LogP contribution in [0.1, 0.15) is 32.0 Å². The van der Waals surface area contributed by atoms with Crippen LogP contribution < -0.4 is 29.5 Å². The molecule has 1 aliphatic rings. The molecule has 0 saturated carbocycles. The average Bonchev–Trinajstić information content (AvgIpc) is 3.58. The third kappa shape index (κ3) is 6.05. The number of hydrogen-bond acceptors (Lipinski definition) is 7. The summed E-state index contributed by atoms with van der Waals surface area (Å²) >= 11 is 0. The van der Waals surface area contributed by atoms with E-state index in [-0.39, 0.29) is 17.6 Å². The summed E-state index contributed by atoms with van der Waals surface area (Å²) in [5, 5.41) is 2.98. The lowest BCUT2D eigenvalue weighted by Gasteiger charge is -2.39. The van der Waals surface area contributed by atoms with Crippen LogP contribution in [-0.4, -0.2) is 59.3 Å². The Hall–Kier alpha value is -4.92. The van der Waals surface area contributed by atoms with Gasteiger partial charge in [0.05, 0.1) is 31.9 Å². The van der Waals surface area contributed by atoms with E-state index < -0.39 is 0 Å². The molecule has 42 heavy (non-hydrogen) atoms. The van der Waals surface area contributed by atoms with E-state index in [4.69, 9.17) is 13.9 Å². The minimum Gasteiger partial charge on any atom is -0.493 e. The molecule has 3 aromatic carbocycles. The Balaban J connectivity index is 1.37. The number of nitrogens with one attached hydrogen (secondary N) is 1. The molecule has 0 spiro atoms. The van der Waals surface area contributed by atoms with Gasteiger partial charge in [-0.2, -0.15) is 0 Å². The van der Waals surface area contributed by atoms with Crippen molar-refractivity contribution < 1.29 is 23.5 Å². The number of benzene rings is 3. The number of carbonyl (C=O) groups excluding carboxylic acids is 2. The molecule has 1 fully saturated rings. The van der Waals surface area contributed by atoms with Gasteiger partial charge >= 0.3 is 0 Å². The molecule has 9 nitrogen and oxygen atoms in total. The highest BCUT2D eigenvalue weighted by atomic mass is 16.5. The monoisotopic (exact) mass is 568 g/mol. The van der Waals surface area contributed by atoms with Gasteiger partial charge in [-0.25, -0.2) is 0 Å². The van der Waals surface area contributed by atoms with Crippen LogP contribution in [0.25, 0.3) is 0 Å². The summed E-state index contributed by atoms with van der Waals surface area (Å²) < 4.78 is 16.1. The molecule has 1 aliphatic heterocycles. The van der Waals surface area contributed by atoms with Crippen LogP contribution in [-0.2, 0) is 6.54 Å². The van der Waals surface area contributed by atoms with Gasteiger partial charge in [-0.05, 0) is 66.6 Å². The minimum absolute atomic E-state index is 0.233. The molecule has 0 aliphatic carbocycles. The molecule has 218 valence electrons. The van der Waals surface area contributed by atoms with Gasteiger partial charge in [0.2, 0.25) is 0 Å². The lowest BCUT2D eigenvalue weighted by Crippen LogP contribution is -2.47. The normalized spacial score (nSPS) is 13.0. The Labute approximate surface area is 246 Å². The van der Waals surface area contributed by atoms with Crippen LogP contribution >= 0.6 is 0 Å². The zero-order chi connectivity index (χ0) is 29.6. The first kappa shape index (κ1) is 28.6. The van der Waals surface area contributed by atoms with Crippen LogP contribution in [0.3, 0.4) is 0 Å². The summed E-state index contributed by atoms with van der Waals surface area (Å²) in [5.74, 6) is 0.910. The molecule has 0 radical (unpaired) electrons. The van der Waals surface area contributed by atoms with Gasteiger partial charge in [0, 0.05) is 51.0 Å². The van der Waals surface area contributed by atoms with Gasteiger partial charge in [0.15, 0.2) is 17.3 Å². The van der Waals surface area contributed by atoms with Crippen molar-refractivity contribution in [1.29, 1.82) is 0 Å². The molecule has 2 heterocycles. The standard InChI is InChI=1S/C33H36N4O5/c1-23-8-5-6-9-26(23)36-15-17-37(18-16-36)27-13-12-25(21-28(27)35(2)33(39)30-10-7-19-42-30)32(38)34-22-24-11-14-29(40-3)31(20-24)41-4/h5-14,19-21H,15-18,22H2,1-4H3,(H,34,38). The van der Waals surface area contributed by atoms with E-state index in [1.807, 2.05) is 24.3 Å². The third-order valence-corrected chi connectivity index (χ3v) is 7.61. The number of rotatable bonds is 9. The zero-order valence-electron chi connectivity index (χ0n) is 24.4. The first-order valence-electron chi connectivity index (χ1n) is 13.9. The lowest BCUT2D eigenvalue weighted by molar-refractivity contribution is 0.0945. The van der Waals surface area contributed by atoms with E-state index in [1.54, 1.807) is 50.4 Å². The number of hydrogen-bond donors (Lipinski definition) is 1. The van der Waals surface area contributed by atoms with Crippen molar-refractivity contribution in [2.75, 3.05) is 62.1 Å². The highest BCUT2D eigenvalue weighted by Crippen LogP contribution is 2.33. The lowest BCUT2D eigenvalue weighted by atomic mass is 10.1. The summed E-state index contributed by atoms with van der Waals surface area (Å²) in [7, 11) is 4.86. The number of furan rings is 1. The Bertz CT molecular complexity index is 1540. The first-order chi connectivity index (χ1) is 20.4. The Morgan fingerprint density at radius 1 is 0.857 bits per heavy atom. The Morgan fingerprint density at radius 2 is 1.57 bits per heavy atom. The summed E-state index contributed by atoms with van der Waals surface area (Å²) in [6.45, 7) is 5.66. The second-order valence-corrected chi connectivity index (χ2v) is 10.2. The van der Waals surface area contributed by atoms with E-state index in [0.29, 0.717) is 29.3 Å². The number of ether oxygens (including phenoxy) is 2. The third-order valence-electron chi connectivity index (χ3n) is 7.61. The predicted molar refractivity (Wildman–Crippen MR) is 164 cm³/mol. The molecule has 9 heteroatoms. The van der Waals surface area contributed by atoms with Crippen LogP contribution in [0.5, 0.6) is 11.5 Å². The van der Waals surface area contributed by atoms with Crippen molar-refractivity contribution in [3.05, 3.63) is 102 Å². The molecule has 1 N–H and O–H groups in total. The highest BCUT2D eigenvalue weighted by molar-refractivity contribution is 6.07. The zero-order valence-corrected chi connectivity index (χ0v) is 24.4. The largest absolute Gasteiger partial charge is 0.493 e. The van der Waals surface area contributed by atoms with Crippen LogP contribution in [0.15, 0.2) is 83.5 Å². The average molecular weight is 569 g/mol. The molecule has 0 bridgehead atoms. The number of aryl methyl sites for hydroxylation is 1. The van der Waals surface area contributed by atoms with Gasteiger partial charge < -0.3 is 33.9 Å². The molecular formula is C33H36N4O5. The van der Waals surface area contributed by atoms with Crippen molar-refractivity contribution in [1.82, 2.24) is 5.32 Å². The maximum absolute atomic E-state index is 13.3. The van der Waals surface area contributed by atoms with Gasteiger partial charge in [0.25, 0.3) is 11.8 Å². The fraction of sp³-hybridized carbons (Fsp3) is 0.273. The number of nitrogens with zero attached hydrogens (tertiary/aromatic N) is 3. The summed E-state index contributed by atoms with van der Waals surface area (Å²) in [4.78, 5) is 32.8. The van der Waals surface area contributed by atoms with Crippen molar-refractivity contribution in [2.45, 2.75) is 13.5 Å². The number of piperazine rings is 1. The Morgan fingerprint density at radius 3 is 2.24 bits per heavy atom. The highest BCUT2D eigenvalue weighted by Gasteiger charge is 2.25. The van der Waals surface area contributed by atoms with E-state index in [1.165, 1.54) is 17.5 Å². The maximum Gasteiger partial charge on any atom is 0.293 e. The topological polar surface area (TPSA) is 87.5 Å². The quantitative estimate of drug-likeness (QED) is 0.299. The number of carbonyl (C=O) groups is 2. The van der Waals surface area contributed by atoms with Gasteiger partial charge in [0.1, 0.15) is 0 Å². The molecule has 1 saturated heterocycles. The molecule has 0 unspecified atom stereocenters. The second kappa shape index (κ2) is 12.7. The first-order valence-corrected chi connectivity index (χ1v) is 13.9. The van der Waals surface area contributed by atoms with Crippen molar-refractivity contribution in [2.24, 2.45) is 0 Å². The van der Waals surface area contributed by atoms with Crippen molar-refractivity contribution in [3.63, 3.8) is 0 Å². The molecule has 5 rings (SSSR count). The van der Waals surface area contributed by atoms with Crippen molar-refractivity contribution >= 4 is 28.9 Å². The smallest absolute Gasteiger partial charge is 0.293 e. The van der Waals surface area contributed by atoms with Gasteiger partial charge in [-0.3, -0.25) is 9.59 Å². The fourth-order valence-corrected chi connectivity index (χ4v) is 5.26. The molecule has 1 aromatic heterocycles. The van der Waals surface area contributed by atoms with Crippen LogP contribution in [0.4, 0.5) is 17.1 Å².